The van der Waals surface area contributed by atoms with Crippen molar-refractivity contribution in [3.8, 4) is 5.75 Å². The first kappa shape index (κ1) is 20.3. The monoisotopic (exact) mass is 389 g/mol. The van der Waals surface area contributed by atoms with Crippen LogP contribution in [0.4, 0.5) is 11.4 Å². The molecule has 2 aromatic rings. The molecule has 0 aliphatic heterocycles. The molecular formula is C19H20ClN3O4. The largest absolute Gasteiger partial charge is 0.495 e. The first-order valence-electron chi connectivity index (χ1n) is 8.06. The maximum absolute atomic E-state index is 11.9. The molecule has 2 aromatic carbocycles. The van der Waals surface area contributed by atoms with Crippen molar-refractivity contribution in [1.29, 1.82) is 0 Å². The van der Waals surface area contributed by atoms with E-state index >= 15 is 0 Å². The fourth-order valence-corrected chi connectivity index (χ4v) is 2.31. The molecule has 0 fully saturated rings. The Kier molecular flexibility index (Phi) is 7.19. The summed E-state index contributed by atoms with van der Waals surface area (Å²) in [6.07, 6.45) is 0.920. The van der Waals surface area contributed by atoms with Gasteiger partial charge in [-0.15, -0.1) is 0 Å². The number of benzene rings is 2. The Balaban J connectivity index is 1.81. The SMILES string of the molecule is COc1ccc(Cl)cc1NC(=O)/C=N\OCC(=O)Nc1ccc(C)c(C)c1. The molecule has 8 heteroatoms. The van der Waals surface area contributed by atoms with E-state index in [0.29, 0.717) is 22.1 Å². The highest BCUT2D eigenvalue weighted by Crippen LogP contribution is 2.27. The van der Waals surface area contributed by atoms with E-state index in [1.54, 1.807) is 24.3 Å². The molecule has 0 heterocycles. The number of methoxy groups -OCH3 is 1. The average molecular weight is 390 g/mol. The molecule has 0 saturated carbocycles. The lowest BCUT2D eigenvalue weighted by atomic mass is 10.1. The number of hydrogen-bond acceptors (Lipinski definition) is 5. The second-order valence-corrected chi connectivity index (χ2v) is 6.13. The van der Waals surface area contributed by atoms with Crippen molar-refractivity contribution in [2.75, 3.05) is 24.4 Å². The van der Waals surface area contributed by atoms with Gasteiger partial charge in [0.1, 0.15) is 12.0 Å². The third kappa shape index (κ3) is 6.31. The molecule has 0 atom stereocenters. The molecule has 0 aromatic heterocycles. The van der Waals surface area contributed by atoms with Gasteiger partial charge in [0.2, 0.25) is 0 Å². The first-order valence-corrected chi connectivity index (χ1v) is 8.44. The van der Waals surface area contributed by atoms with Crippen LogP contribution in [0.3, 0.4) is 0 Å². The van der Waals surface area contributed by atoms with Crippen molar-refractivity contribution < 1.29 is 19.2 Å². The summed E-state index contributed by atoms with van der Waals surface area (Å²) in [6.45, 7) is 3.62. The van der Waals surface area contributed by atoms with Gasteiger partial charge in [0, 0.05) is 10.7 Å². The third-order valence-corrected chi connectivity index (χ3v) is 3.89. The van der Waals surface area contributed by atoms with Crippen molar-refractivity contribution in [3.05, 3.63) is 52.5 Å². The molecule has 27 heavy (non-hydrogen) atoms. The molecule has 0 radical (unpaired) electrons. The summed E-state index contributed by atoms with van der Waals surface area (Å²) in [5.74, 6) is -0.479. The number of anilines is 2. The van der Waals surface area contributed by atoms with E-state index in [9.17, 15) is 9.59 Å². The Morgan fingerprint density at radius 3 is 2.59 bits per heavy atom. The highest BCUT2D eigenvalue weighted by atomic mass is 35.5. The van der Waals surface area contributed by atoms with E-state index in [4.69, 9.17) is 21.2 Å². The molecule has 0 bridgehead atoms. The van der Waals surface area contributed by atoms with Crippen LogP contribution in [0.5, 0.6) is 5.75 Å². The van der Waals surface area contributed by atoms with Gasteiger partial charge in [-0.3, -0.25) is 9.59 Å². The number of halogens is 1. The van der Waals surface area contributed by atoms with Gasteiger partial charge in [0.25, 0.3) is 11.8 Å². The summed E-state index contributed by atoms with van der Waals surface area (Å²) < 4.78 is 5.13. The fraction of sp³-hybridized carbons (Fsp3) is 0.211. The minimum Gasteiger partial charge on any atom is -0.495 e. The Hall–Kier alpha value is -3.06. The lowest BCUT2D eigenvalue weighted by Gasteiger charge is -2.08. The van der Waals surface area contributed by atoms with Gasteiger partial charge in [-0.1, -0.05) is 22.8 Å². The van der Waals surface area contributed by atoms with Crippen LogP contribution in [-0.2, 0) is 14.4 Å². The highest BCUT2D eigenvalue weighted by molar-refractivity contribution is 6.33. The number of oxime groups is 1. The summed E-state index contributed by atoms with van der Waals surface area (Å²) in [5.41, 5.74) is 3.27. The molecule has 2 N–H and O–H groups in total. The van der Waals surface area contributed by atoms with E-state index < -0.39 is 5.91 Å². The molecule has 0 aliphatic carbocycles. The molecular weight excluding hydrogens is 370 g/mol. The standard InChI is InChI=1S/C19H20ClN3O4/c1-12-4-6-15(8-13(12)2)22-19(25)11-27-21-10-18(24)23-16-9-14(20)5-7-17(16)26-3/h4-10H,11H2,1-3H3,(H,22,25)(H,23,24)/b21-10-. The Bertz CT molecular complexity index is 868. The molecule has 7 nitrogen and oxygen atoms in total. The molecule has 2 rings (SSSR count). The average Bonchev–Trinajstić information content (AvgIpc) is 2.62. The van der Waals surface area contributed by atoms with Crippen LogP contribution in [0.2, 0.25) is 5.02 Å². The van der Waals surface area contributed by atoms with Gasteiger partial charge in [-0.2, -0.15) is 0 Å². The zero-order valence-electron chi connectivity index (χ0n) is 15.2. The van der Waals surface area contributed by atoms with Gasteiger partial charge in [-0.05, 0) is 55.3 Å². The number of carbonyl (C=O) groups excluding carboxylic acids is 2. The van der Waals surface area contributed by atoms with Gasteiger partial charge >= 0.3 is 0 Å². The maximum Gasteiger partial charge on any atom is 0.270 e. The van der Waals surface area contributed by atoms with E-state index in [-0.39, 0.29) is 12.5 Å². The number of carbonyl (C=O) groups is 2. The zero-order chi connectivity index (χ0) is 19.8. The van der Waals surface area contributed by atoms with Gasteiger partial charge < -0.3 is 20.2 Å². The lowest BCUT2D eigenvalue weighted by molar-refractivity contribution is -0.120. The second kappa shape index (κ2) is 9.59. The maximum atomic E-state index is 11.9. The number of nitrogens with zero attached hydrogens (tertiary/aromatic N) is 1. The van der Waals surface area contributed by atoms with Crippen LogP contribution in [0, 0.1) is 13.8 Å². The number of hydrogen-bond donors (Lipinski definition) is 2. The van der Waals surface area contributed by atoms with Crippen molar-refractivity contribution >= 4 is 41.0 Å². The quantitative estimate of drug-likeness (QED) is 0.560. The van der Waals surface area contributed by atoms with Gasteiger partial charge in [0.05, 0.1) is 12.8 Å². The van der Waals surface area contributed by atoms with Crippen molar-refractivity contribution in [3.63, 3.8) is 0 Å². The topological polar surface area (TPSA) is 89.0 Å². The highest BCUT2D eigenvalue weighted by Gasteiger charge is 2.07. The molecule has 142 valence electrons. The number of ether oxygens (including phenoxy) is 1. The minimum absolute atomic E-state index is 0.322. The summed E-state index contributed by atoms with van der Waals surface area (Å²) in [4.78, 5) is 28.5. The number of rotatable bonds is 7. The van der Waals surface area contributed by atoms with Crippen LogP contribution in [0.15, 0.2) is 41.6 Å². The van der Waals surface area contributed by atoms with Crippen LogP contribution in [0.1, 0.15) is 11.1 Å². The van der Waals surface area contributed by atoms with E-state index in [0.717, 1.165) is 17.3 Å². The molecule has 0 spiro atoms. The van der Waals surface area contributed by atoms with Crippen molar-refractivity contribution in [2.45, 2.75) is 13.8 Å². The second-order valence-electron chi connectivity index (χ2n) is 5.69. The van der Waals surface area contributed by atoms with Crippen molar-refractivity contribution in [2.24, 2.45) is 5.16 Å². The molecule has 2 amide bonds. The van der Waals surface area contributed by atoms with Gasteiger partial charge in [0.15, 0.2) is 6.61 Å². The van der Waals surface area contributed by atoms with Gasteiger partial charge in [-0.25, -0.2) is 0 Å². The number of aryl methyl sites for hydroxylation is 2. The van der Waals surface area contributed by atoms with Crippen LogP contribution >= 0.6 is 11.6 Å². The summed E-state index contributed by atoms with van der Waals surface area (Å²) in [6, 6.07) is 10.4. The third-order valence-electron chi connectivity index (χ3n) is 3.65. The normalized spacial score (nSPS) is 10.5. The molecule has 0 unspecified atom stereocenters. The Morgan fingerprint density at radius 2 is 1.89 bits per heavy atom. The molecule has 0 aliphatic rings. The van der Waals surface area contributed by atoms with Crippen molar-refractivity contribution in [1.82, 2.24) is 0 Å². The fourth-order valence-electron chi connectivity index (χ4n) is 2.14. The first-order chi connectivity index (χ1) is 12.9. The summed E-state index contributed by atoms with van der Waals surface area (Å²) in [7, 11) is 1.48. The molecule has 0 saturated heterocycles. The summed E-state index contributed by atoms with van der Waals surface area (Å²) >= 11 is 5.89. The zero-order valence-corrected chi connectivity index (χ0v) is 16.0. The van der Waals surface area contributed by atoms with Crippen LogP contribution in [-0.4, -0.2) is 31.7 Å². The van der Waals surface area contributed by atoms with E-state index in [1.165, 1.54) is 7.11 Å². The number of amides is 2. The predicted octanol–water partition coefficient (Wildman–Crippen LogP) is 3.55. The predicted molar refractivity (Wildman–Crippen MR) is 106 cm³/mol. The minimum atomic E-state index is -0.551. The number of nitrogens with one attached hydrogen (secondary N) is 2. The van der Waals surface area contributed by atoms with Crippen LogP contribution in [0.25, 0.3) is 0 Å². The van der Waals surface area contributed by atoms with Crippen LogP contribution < -0.4 is 15.4 Å². The smallest absolute Gasteiger partial charge is 0.270 e. The van der Waals surface area contributed by atoms with E-state index in [2.05, 4.69) is 15.8 Å². The summed E-state index contributed by atoms with van der Waals surface area (Å²) in [5, 5.41) is 9.19. The van der Waals surface area contributed by atoms with E-state index in [1.807, 2.05) is 26.0 Å². The Labute approximate surface area is 162 Å². The Morgan fingerprint density at radius 1 is 1.11 bits per heavy atom. The lowest BCUT2D eigenvalue weighted by Crippen LogP contribution is -2.18.